The van der Waals surface area contributed by atoms with Crippen molar-refractivity contribution in [3.8, 4) is 0 Å². The van der Waals surface area contributed by atoms with Gasteiger partial charge in [-0.05, 0) is 0 Å². The Bertz CT molecular complexity index is 22.0. The molecule has 0 saturated carbocycles. The molecule has 0 rings (SSSR count). The van der Waals surface area contributed by atoms with Gasteiger partial charge in [-0.2, -0.15) is 0 Å². The van der Waals surface area contributed by atoms with Crippen LogP contribution in [0.25, 0.3) is 0 Å². The maximum Gasteiger partial charge on any atom is 5.00 e. The van der Waals surface area contributed by atoms with Gasteiger partial charge in [0, 0.05) is 31.1 Å². The largest absolute Gasteiger partial charge is 5.00 e. The Labute approximate surface area is 171 Å². The predicted octanol–water partition coefficient (Wildman–Crippen LogP) is -3.68. The quantitative estimate of drug-likeness (QED) is 0.249. The molecule has 0 heterocycles. The third-order valence-corrected chi connectivity index (χ3v) is 0. The molecule has 0 aromatic heterocycles. The van der Waals surface area contributed by atoms with Crippen molar-refractivity contribution >= 4 is 37.7 Å². The van der Waals surface area contributed by atoms with E-state index in [1.54, 1.807) is 0 Å². The van der Waals surface area contributed by atoms with Crippen LogP contribution in [-0.4, -0.2) is 43.2 Å². The molecule has 2 nitrogen and oxygen atoms in total. The topological polar surface area (TPSA) is 58.5 Å². The van der Waals surface area contributed by atoms with Crippen LogP contribution in [0, 0.1) is 31.1 Å². The van der Waals surface area contributed by atoms with Crippen LogP contribution in [-0.2, 0) is 72.0 Å². The van der Waals surface area contributed by atoms with E-state index in [9.17, 15) is 0 Å². The molecule has 0 fully saturated rings. The Morgan fingerprint density at radius 3 is 1.00 bits per heavy atom. The van der Waals surface area contributed by atoms with Gasteiger partial charge in [0.05, 0.1) is 0 Å². The van der Waals surface area contributed by atoms with Gasteiger partial charge in [0.2, 0.25) is 0 Å². The van der Waals surface area contributed by atoms with Gasteiger partial charge in [-0.3, -0.25) is 0 Å². The zero-order valence-electron chi connectivity index (χ0n) is 4.46. The Morgan fingerprint density at radius 1 is 1.00 bits per heavy atom. The van der Waals surface area contributed by atoms with Gasteiger partial charge in [-0.1, -0.05) is 0 Å². The van der Waals surface area contributed by atoms with Gasteiger partial charge >= 0.3 is 134 Å². The van der Waals surface area contributed by atoms with Crippen LogP contribution < -0.4 is 29.6 Å². The monoisotopic (exact) mass is 656 g/mol. The third kappa shape index (κ3) is 42.2. The molecule has 0 unspecified atom stereocenters. The fraction of sp³-hybridized carbons (Fsp3) is 0. The van der Waals surface area contributed by atoms with E-state index in [0.717, 1.165) is 0 Å². The summed E-state index contributed by atoms with van der Waals surface area (Å²) < 4.78 is 0. The van der Waals surface area contributed by atoms with Crippen LogP contribution >= 0.6 is 0 Å². The molecule has 0 saturated heterocycles. The first-order chi connectivity index (χ1) is 0. The Morgan fingerprint density at radius 2 is 1.00 bits per heavy atom. The van der Waals surface area contributed by atoms with Crippen molar-refractivity contribution in [2.45, 2.75) is 0 Å². The molecule has 1 N–H and O–H groups in total. The summed E-state index contributed by atoms with van der Waals surface area (Å²) >= 11 is 0. The fourth-order valence-corrected chi connectivity index (χ4v) is 0. The maximum atomic E-state index is 0. The molecule has 0 atom stereocenters. The van der Waals surface area contributed by atoms with E-state index in [2.05, 4.69) is 0 Å². The Hall–Kier alpha value is 5.43. The molecule has 0 radical (unpaired) electrons. The van der Waals surface area contributed by atoms with Crippen molar-refractivity contribution in [1.82, 2.24) is 0 Å². The van der Waals surface area contributed by atoms with E-state index < -0.39 is 0 Å². The number of rotatable bonds is 0. The summed E-state index contributed by atoms with van der Waals surface area (Å²) in [5.41, 5.74) is 0. The fourth-order valence-electron chi connectivity index (χ4n) is 0. The second kappa shape index (κ2) is 55.1. The molecule has 0 aliphatic rings. The molecule has 0 aromatic rings. The Kier molecular flexibility index (Phi) is 485. The van der Waals surface area contributed by atoms with E-state index >= 15 is 0 Å². The van der Waals surface area contributed by atoms with E-state index in [0.29, 0.717) is 0 Å². The van der Waals surface area contributed by atoms with Crippen LogP contribution in [0.4, 0.5) is 0 Å². The van der Waals surface area contributed by atoms with E-state index in [1.165, 1.54) is 0 Å². The molecule has 0 amide bonds. The standard InChI is InChI=1S/Ca.Na.Nb.H2O.O.Ta.Ti.U/h;;;1H2;;;;/q+2;+1;+5;;-2;+5;+4;/p-1. The summed E-state index contributed by atoms with van der Waals surface area (Å²) in [6.07, 6.45) is 0. The van der Waals surface area contributed by atoms with Crippen LogP contribution in [0.5, 0.6) is 0 Å². The molecule has 8 heavy (non-hydrogen) atoms. The summed E-state index contributed by atoms with van der Waals surface area (Å²) in [4.78, 5) is 0. The first kappa shape index (κ1) is 70.4. The van der Waals surface area contributed by atoms with Gasteiger partial charge in [-0.15, -0.1) is 0 Å². The minimum atomic E-state index is 0. The minimum Gasteiger partial charge on any atom is -2.00 e. The molecule has 0 aliphatic heterocycles. The number of hydrogen-bond donors (Lipinski definition) is 0. The smallest absolute Gasteiger partial charge is 2.00 e. The van der Waals surface area contributed by atoms with Gasteiger partial charge in [0.1, 0.15) is 0 Å². The van der Waals surface area contributed by atoms with Crippen LogP contribution in [0.3, 0.4) is 0 Å². The van der Waals surface area contributed by atoms with Crippen molar-refractivity contribution in [3.63, 3.8) is 0 Å². The van der Waals surface area contributed by atoms with Gasteiger partial charge < -0.3 is 11.0 Å². The molecule has 0 bridgehead atoms. The normalized spacial score (nSPS) is 0. The average Bonchev–Trinajstić information content (AvgIpc) is 0. The SMILES string of the molecule is [Ca+2].[Na+].[Nb+5].[O-2].[OH-].[Ta+5].[Ti+4].[U]. The van der Waals surface area contributed by atoms with Crippen molar-refractivity contribution in [1.29, 1.82) is 0 Å². The first-order valence-electron chi connectivity index (χ1n) is 0. The van der Waals surface area contributed by atoms with Crippen molar-refractivity contribution in [2.75, 3.05) is 0 Å². The molecule has 0 aliphatic carbocycles. The van der Waals surface area contributed by atoms with Crippen molar-refractivity contribution in [3.05, 3.63) is 0 Å². The van der Waals surface area contributed by atoms with Crippen LogP contribution in [0.1, 0.15) is 0 Å². The zero-order chi connectivity index (χ0) is 0. The molecule has 8 heteroatoms. The van der Waals surface area contributed by atoms with Gasteiger partial charge in [-0.25, -0.2) is 0 Å². The zero-order valence-corrected chi connectivity index (χ0v) is 19.8. The van der Waals surface area contributed by atoms with Gasteiger partial charge in [0.25, 0.3) is 0 Å². The summed E-state index contributed by atoms with van der Waals surface area (Å²) in [6, 6.07) is 0. The summed E-state index contributed by atoms with van der Waals surface area (Å²) in [5, 5.41) is 0. The Balaban J connectivity index is 0. The average molecular weight is 656 g/mol. The second-order valence-corrected chi connectivity index (χ2v) is 0. The molecular formula is HCaNaNbO2TaTiU+14. The third-order valence-electron chi connectivity index (χ3n) is 0. The maximum absolute atomic E-state index is 0. The van der Waals surface area contributed by atoms with Crippen molar-refractivity contribution < 1.29 is 138 Å². The van der Waals surface area contributed by atoms with E-state index in [4.69, 9.17) is 0 Å². The van der Waals surface area contributed by atoms with E-state index in [-0.39, 0.29) is 176 Å². The van der Waals surface area contributed by atoms with Crippen molar-refractivity contribution in [2.24, 2.45) is 0 Å². The van der Waals surface area contributed by atoms with Gasteiger partial charge in [0.15, 0.2) is 0 Å². The molecular weight excluding hydrogens is 655 g/mol. The molecule has 20 valence electrons. The number of hydrogen-bond acceptors (Lipinski definition) is 1. The summed E-state index contributed by atoms with van der Waals surface area (Å²) in [6.45, 7) is 0. The van der Waals surface area contributed by atoms with Crippen LogP contribution in [0.2, 0.25) is 0 Å². The van der Waals surface area contributed by atoms with Crippen LogP contribution in [0.15, 0.2) is 0 Å². The molecule has 0 aromatic carbocycles. The second-order valence-electron chi connectivity index (χ2n) is 0. The summed E-state index contributed by atoms with van der Waals surface area (Å²) in [5.74, 6) is 0. The van der Waals surface area contributed by atoms with E-state index in [1.807, 2.05) is 0 Å². The first-order valence-corrected chi connectivity index (χ1v) is 0. The molecule has 0 spiro atoms. The summed E-state index contributed by atoms with van der Waals surface area (Å²) in [7, 11) is 0. The minimum absolute atomic E-state index is 0. The predicted molar refractivity (Wildman–Crippen MR) is 8.38 cm³/mol.